The lowest BCUT2D eigenvalue weighted by Gasteiger charge is -2.41. The topological polar surface area (TPSA) is 87.4 Å². The second kappa shape index (κ2) is 7.97. The molecule has 4 atom stereocenters. The van der Waals surface area contributed by atoms with Gasteiger partial charge in [0.2, 0.25) is 0 Å². The first-order chi connectivity index (χ1) is 15.4. The lowest BCUT2D eigenvalue weighted by Crippen LogP contribution is -2.52. The summed E-state index contributed by atoms with van der Waals surface area (Å²) in [6.45, 7) is 6.77. The summed E-state index contributed by atoms with van der Waals surface area (Å²) in [5.41, 5.74) is 0.923. The number of anilines is 3. The Hall–Kier alpha value is -2.78. The van der Waals surface area contributed by atoms with Crippen molar-refractivity contribution >= 4 is 23.0 Å². The Morgan fingerprint density at radius 2 is 2.09 bits per heavy atom. The largest absolute Gasteiger partial charge is 0.481 e. The number of ether oxygens (including phenoxy) is 2. The van der Waals surface area contributed by atoms with Gasteiger partial charge in [0.15, 0.2) is 6.23 Å². The molecular weight excluding hydrogens is 417 g/mol. The third-order valence-corrected chi connectivity index (χ3v) is 6.78. The van der Waals surface area contributed by atoms with Crippen molar-refractivity contribution in [2.45, 2.75) is 38.1 Å². The van der Waals surface area contributed by atoms with Gasteiger partial charge in [-0.05, 0) is 32.0 Å². The molecule has 2 saturated heterocycles. The number of hydrogen-bond acceptors (Lipinski definition) is 7. The van der Waals surface area contributed by atoms with E-state index in [0.717, 1.165) is 5.69 Å². The first-order valence-electron chi connectivity index (χ1n) is 11.0. The lowest BCUT2D eigenvalue weighted by molar-refractivity contribution is -0.148. The number of rotatable bonds is 5. The molecule has 3 aliphatic rings. The van der Waals surface area contributed by atoms with Gasteiger partial charge in [0.25, 0.3) is 0 Å². The van der Waals surface area contributed by atoms with E-state index in [1.807, 2.05) is 35.8 Å². The number of furan rings is 1. The SMILES string of the molecule is CCN1c2cc(N3CCOCC3)c(F)cc2NC2C1OC(C)(Cc1ccco1)C2C(=O)O. The number of halogens is 1. The zero-order valence-corrected chi connectivity index (χ0v) is 18.2. The van der Waals surface area contributed by atoms with Gasteiger partial charge in [0.1, 0.15) is 17.5 Å². The van der Waals surface area contributed by atoms with Crippen LogP contribution in [0.5, 0.6) is 0 Å². The normalized spacial score (nSPS) is 29.4. The Balaban J connectivity index is 1.52. The van der Waals surface area contributed by atoms with Crippen molar-refractivity contribution in [2.24, 2.45) is 5.92 Å². The number of carboxylic acid groups (broad SMARTS) is 1. The molecule has 2 fully saturated rings. The maximum atomic E-state index is 15.1. The molecular formula is C23H28FN3O5. The first-order valence-corrected chi connectivity index (χ1v) is 11.0. The number of nitrogens with one attached hydrogen (secondary N) is 1. The summed E-state index contributed by atoms with van der Waals surface area (Å²) in [6.07, 6.45) is 1.39. The average molecular weight is 445 g/mol. The zero-order chi connectivity index (χ0) is 22.5. The van der Waals surface area contributed by atoms with Crippen LogP contribution in [0, 0.1) is 11.7 Å². The van der Waals surface area contributed by atoms with Gasteiger partial charge in [-0.25, -0.2) is 4.39 Å². The van der Waals surface area contributed by atoms with Crippen molar-refractivity contribution in [3.63, 3.8) is 0 Å². The molecule has 3 aliphatic heterocycles. The van der Waals surface area contributed by atoms with Crippen LogP contribution >= 0.6 is 0 Å². The van der Waals surface area contributed by atoms with Crippen LogP contribution < -0.4 is 15.1 Å². The molecule has 9 heteroatoms. The third-order valence-electron chi connectivity index (χ3n) is 6.78. The van der Waals surface area contributed by atoms with E-state index in [4.69, 9.17) is 13.9 Å². The van der Waals surface area contributed by atoms with E-state index < -0.39 is 29.8 Å². The quantitative estimate of drug-likeness (QED) is 0.727. The number of morpholine rings is 1. The molecule has 32 heavy (non-hydrogen) atoms. The molecule has 2 aromatic rings. The van der Waals surface area contributed by atoms with E-state index in [0.29, 0.717) is 56.4 Å². The minimum atomic E-state index is -0.993. The van der Waals surface area contributed by atoms with Gasteiger partial charge in [0.05, 0.1) is 48.2 Å². The van der Waals surface area contributed by atoms with E-state index in [1.54, 1.807) is 12.3 Å². The Bertz CT molecular complexity index is 994. The van der Waals surface area contributed by atoms with E-state index in [9.17, 15) is 9.90 Å². The lowest BCUT2D eigenvalue weighted by atomic mass is 9.81. The fourth-order valence-corrected chi connectivity index (χ4v) is 5.32. The highest BCUT2D eigenvalue weighted by Crippen LogP contribution is 2.48. The summed E-state index contributed by atoms with van der Waals surface area (Å²) >= 11 is 0. The van der Waals surface area contributed by atoms with Gasteiger partial charge in [-0.1, -0.05) is 0 Å². The van der Waals surface area contributed by atoms with E-state index in [2.05, 4.69) is 5.32 Å². The highest BCUT2D eigenvalue weighted by molar-refractivity contribution is 5.81. The van der Waals surface area contributed by atoms with Crippen LogP contribution in [0.25, 0.3) is 0 Å². The molecule has 0 amide bonds. The summed E-state index contributed by atoms with van der Waals surface area (Å²) < 4.78 is 32.5. The molecule has 1 aromatic carbocycles. The molecule has 1 aromatic heterocycles. The highest BCUT2D eigenvalue weighted by Gasteiger charge is 2.59. The Labute approximate surface area is 185 Å². The molecule has 5 rings (SSSR count). The third kappa shape index (κ3) is 3.40. The van der Waals surface area contributed by atoms with Crippen molar-refractivity contribution < 1.29 is 28.2 Å². The van der Waals surface area contributed by atoms with Crippen LogP contribution in [0.15, 0.2) is 34.9 Å². The predicted octanol–water partition coefficient (Wildman–Crippen LogP) is 2.93. The molecule has 4 heterocycles. The number of carboxylic acids is 1. The molecule has 0 aliphatic carbocycles. The highest BCUT2D eigenvalue weighted by atomic mass is 19.1. The Morgan fingerprint density at radius 1 is 1.31 bits per heavy atom. The maximum Gasteiger partial charge on any atom is 0.311 e. The van der Waals surface area contributed by atoms with Gasteiger partial charge < -0.3 is 34.1 Å². The Morgan fingerprint density at radius 3 is 2.75 bits per heavy atom. The van der Waals surface area contributed by atoms with E-state index >= 15 is 4.39 Å². The van der Waals surface area contributed by atoms with Crippen LogP contribution in [0.1, 0.15) is 19.6 Å². The minimum absolute atomic E-state index is 0.326. The van der Waals surface area contributed by atoms with Gasteiger partial charge in [-0.15, -0.1) is 0 Å². The molecule has 0 radical (unpaired) electrons. The fourth-order valence-electron chi connectivity index (χ4n) is 5.32. The molecule has 8 nitrogen and oxygen atoms in total. The van der Waals surface area contributed by atoms with Crippen molar-refractivity contribution in [3.8, 4) is 0 Å². The number of fused-ring (bicyclic) bond motifs is 2. The number of nitrogens with zero attached hydrogens (tertiary/aromatic N) is 2. The minimum Gasteiger partial charge on any atom is -0.481 e. The number of benzene rings is 1. The van der Waals surface area contributed by atoms with Crippen LogP contribution in [0.4, 0.5) is 21.5 Å². The number of carbonyl (C=O) groups is 1. The second-order valence-electron chi connectivity index (χ2n) is 8.77. The van der Waals surface area contributed by atoms with E-state index in [-0.39, 0.29) is 5.82 Å². The monoisotopic (exact) mass is 445 g/mol. The summed E-state index contributed by atoms with van der Waals surface area (Å²) in [5.74, 6) is -1.47. The first kappa shape index (κ1) is 21.1. The molecule has 0 bridgehead atoms. The standard InChI is InChI=1S/C23H28FN3O5/c1-3-27-18-12-17(26-6-9-30-10-7-26)15(24)11-16(18)25-20-19(22(28)29)23(2,32-21(20)27)13-14-5-4-8-31-14/h4-5,8,11-12,19-21,25H,3,6-7,9-10,13H2,1-2H3,(H,28,29). The van der Waals surface area contributed by atoms with Gasteiger partial charge in [-0.2, -0.15) is 0 Å². The van der Waals surface area contributed by atoms with Crippen molar-refractivity contribution in [3.05, 3.63) is 42.1 Å². The van der Waals surface area contributed by atoms with Crippen molar-refractivity contribution in [1.82, 2.24) is 0 Å². The van der Waals surface area contributed by atoms with Gasteiger partial charge in [0, 0.05) is 32.1 Å². The molecule has 2 N–H and O–H groups in total. The van der Waals surface area contributed by atoms with Gasteiger partial charge >= 0.3 is 5.97 Å². The molecule has 0 spiro atoms. The average Bonchev–Trinajstić information content (AvgIpc) is 3.37. The summed E-state index contributed by atoms with van der Waals surface area (Å²) in [4.78, 5) is 16.4. The number of aliphatic carboxylic acids is 1. The molecule has 4 unspecified atom stereocenters. The zero-order valence-electron chi connectivity index (χ0n) is 18.2. The number of likely N-dealkylation sites (N-methyl/N-ethyl adjacent to an activating group) is 1. The maximum absolute atomic E-state index is 15.1. The van der Waals surface area contributed by atoms with Crippen LogP contribution in [-0.4, -0.2) is 61.8 Å². The van der Waals surface area contributed by atoms with Crippen LogP contribution in [0.2, 0.25) is 0 Å². The molecule has 0 saturated carbocycles. The molecule has 172 valence electrons. The van der Waals surface area contributed by atoms with Crippen molar-refractivity contribution in [2.75, 3.05) is 48.0 Å². The fraction of sp³-hybridized carbons (Fsp3) is 0.522. The van der Waals surface area contributed by atoms with Crippen LogP contribution in [-0.2, 0) is 20.7 Å². The predicted molar refractivity (Wildman–Crippen MR) is 117 cm³/mol. The Kier molecular flexibility index (Phi) is 5.25. The van der Waals surface area contributed by atoms with E-state index in [1.165, 1.54) is 6.07 Å². The smallest absolute Gasteiger partial charge is 0.311 e. The van der Waals surface area contributed by atoms with Crippen molar-refractivity contribution in [1.29, 1.82) is 0 Å². The summed E-state index contributed by atoms with van der Waals surface area (Å²) in [6, 6.07) is 6.37. The number of hydrogen-bond donors (Lipinski definition) is 2. The van der Waals surface area contributed by atoms with Gasteiger partial charge in [-0.3, -0.25) is 4.79 Å². The summed E-state index contributed by atoms with van der Waals surface area (Å²) in [5, 5.41) is 13.4. The summed E-state index contributed by atoms with van der Waals surface area (Å²) in [7, 11) is 0. The van der Waals surface area contributed by atoms with Crippen LogP contribution in [0.3, 0.4) is 0 Å². The second-order valence-corrected chi connectivity index (χ2v) is 8.77.